The summed E-state index contributed by atoms with van der Waals surface area (Å²) in [5.74, 6) is -0.245. The van der Waals surface area contributed by atoms with Gasteiger partial charge in [0.2, 0.25) is 0 Å². The van der Waals surface area contributed by atoms with Crippen LogP contribution < -0.4 is 10.1 Å². The summed E-state index contributed by atoms with van der Waals surface area (Å²) < 4.78 is 17.7. The van der Waals surface area contributed by atoms with Crippen molar-refractivity contribution in [3.8, 4) is 5.75 Å². The van der Waals surface area contributed by atoms with Crippen molar-refractivity contribution in [3.63, 3.8) is 0 Å². The molecule has 1 aliphatic rings. The molecule has 184 valence electrons. The van der Waals surface area contributed by atoms with Crippen molar-refractivity contribution in [2.24, 2.45) is 0 Å². The number of amides is 2. The number of likely N-dealkylation sites (tertiary alicyclic amines) is 1. The van der Waals surface area contributed by atoms with E-state index in [1.165, 1.54) is 0 Å². The number of hydrogen-bond donors (Lipinski definition) is 1. The van der Waals surface area contributed by atoms with Crippen LogP contribution in [0, 0.1) is 0 Å². The number of benzene rings is 1. The average molecular weight is 472 g/mol. The van der Waals surface area contributed by atoms with Crippen molar-refractivity contribution in [1.29, 1.82) is 0 Å². The molecule has 1 fully saturated rings. The normalized spacial score (nSPS) is 14.4. The van der Waals surface area contributed by atoms with Gasteiger partial charge < -0.3 is 29.0 Å². The van der Waals surface area contributed by atoms with Crippen LogP contribution in [0.5, 0.6) is 5.75 Å². The Morgan fingerprint density at radius 1 is 1.09 bits per heavy atom. The van der Waals surface area contributed by atoms with E-state index in [1.807, 2.05) is 37.6 Å². The van der Waals surface area contributed by atoms with E-state index in [4.69, 9.17) is 14.2 Å². The number of piperidine rings is 1. The molecule has 9 nitrogen and oxygen atoms in total. The fourth-order valence-electron chi connectivity index (χ4n) is 3.76. The zero-order valence-corrected chi connectivity index (χ0v) is 20.2. The summed E-state index contributed by atoms with van der Waals surface area (Å²) in [6, 6.07) is 10.6. The Balaban J connectivity index is 1.59. The Hall–Kier alpha value is -3.49. The highest BCUT2D eigenvalue weighted by Gasteiger charge is 2.28. The number of aromatic nitrogens is 1. The fourth-order valence-corrected chi connectivity index (χ4v) is 3.76. The maximum absolute atomic E-state index is 13.0. The van der Waals surface area contributed by atoms with E-state index in [0.29, 0.717) is 30.2 Å². The molecule has 9 heteroatoms. The van der Waals surface area contributed by atoms with E-state index in [-0.39, 0.29) is 31.3 Å². The average Bonchev–Trinajstić information content (AvgIpc) is 3.27. The van der Waals surface area contributed by atoms with Gasteiger partial charge in [0.1, 0.15) is 17.0 Å². The third kappa shape index (κ3) is 7.00. The SMILES string of the molecule is CCOC(=O)COc1cccc(NC(=O)c2cccn2C2CCN(C(=O)OC(C)(C)C)CC2)c1. The molecule has 1 aromatic carbocycles. The van der Waals surface area contributed by atoms with E-state index in [0.717, 1.165) is 12.8 Å². The summed E-state index contributed by atoms with van der Waals surface area (Å²) in [6.45, 7) is 8.51. The molecule has 0 aliphatic carbocycles. The Morgan fingerprint density at radius 3 is 2.50 bits per heavy atom. The number of carbonyl (C=O) groups excluding carboxylic acids is 3. The van der Waals surface area contributed by atoms with Crippen LogP contribution in [0.15, 0.2) is 42.6 Å². The summed E-state index contributed by atoms with van der Waals surface area (Å²) in [5, 5.41) is 2.89. The van der Waals surface area contributed by atoms with E-state index in [1.54, 1.807) is 42.2 Å². The molecular formula is C25H33N3O6. The second kappa shape index (κ2) is 11.1. The number of carbonyl (C=O) groups is 3. The molecule has 0 spiro atoms. The number of rotatable bonds is 7. The van der Waals surface area contributed by atoms with Crippen LogP contribution in [0.25, 0.3) is 0 Å². The predicted octanol–water partition coefficient (Wildman–Crippen LogP) is 4.25. The Kier molecular flexibility index (Phi) is 8.20. The number of nitrogens with one attached hydrogen (secondary N) is 1. The molecule has 0 saturated carbocycles. The van der Waals surface area contributed by atoms with Crippen LogP contribution in [-0.4, -0.2) is 59.3 Å². The van der Waals surface area contributed by atoms with Crippen molar-refractivity contribution >= 4 is 23.7 Å². The second-order valence-electron chi connectivity index (χ2n) is 9.07. The molecule has 1 aliphatic heterocycles. The largest absolute Gasteiger partial charge is 0.482 e. The minimum Gasteiger partial charge on any atom is -0.482 e. The van der Waals surface area contributed by atoms with Crippen LogP contribution in [0.4, 0.5) is 10.5 Å². The first kappa shape index (κ1) is 25.1. The highest BCUT2D eigenvalue weighted by atomic mass is 16.6. The lowest BCUT2D eigenvalue weighted by Crippen LogP contribution is -2.42. The summed E-state index contributed by atoms with van der Waals surface area (Å²) in [7, 11) is 0. The number of nitrogens with zero attached hydrogens (tertiary/aromatic N) is 2. The Morgan fingerprint density at radius 2 is 1.82 bits per heavy atom. The van der Waals surface area contributed by atoms with E-state index >= 15 is 0 Å². The first-order valence-electron chi connectivity index (χ1n) is 11.5. The first-order valence-corrected chi connectivity index (χ1v) is 11.5. The summed E-state index contributed by atoms with van der Waals surface area (Å²) in [6.07, 6.45) is 3.04. The van der Waals surface area contributed by atoms with Gasteiger partial charge in [0.25, 0.3) is 5.91 Å². The van der Waals surface area contributed by atoms with Crippen LogP contribution >= 0.6 is 0 Å². The predicted molar refractivity (Wildman–Crippen MR) is 127 cm³/mol. The van der Waals surface area contributed by atoms with Crippen molar-refractivity contribution in [2.75, 3.05) is 31.6 Å². The third-order valence-electron chi connectivity index (χ3n) is 5.28. The van der Waals surface area contributed by atoms with Crippen LogP contribution in [0.3, 0.4) is 0 Å². The van der Waals surface area contributed by atoms with Gasteiger partial charge in [-0.2, -0.15) is 0 Å². The lowest BCUT2D eigenvalue weighted by atomic mass is 10.0. The van der Waals surface area contributed by atoms with Gasteiger partial charge in [0.05, 0.1) is 6.61 Å². The molecule has 34 heavy (non-hydrogen) atoms. The number of esters is 1. The summed E-state index contributed by atoms with van der Waals surface area (Å²) in [5.41, 5.74) is 0.563. The molecule has 3 rings (SSSR count). The van der Waals surface area contributed by atoms with Crippen molar-refractivity contribution in [1.82, 2.24) is 9.47 Å². The maximum atomic E-state index is 13.0. The van der Waals surface area contributed by atoms with E-state index < -0.39 is 11.6 Å². The topological polar surface area (TPSA) is 99.1 Å². The monoisotopic (exact) mass is 471 g/mol. The molecule has 2 amide bonds. The van der Waals surface area contributed by atoms with Crippen molar-refractivity contribution in [3.05, 3.63) is 48.3 Å². The Bertz CT molecular complexity index is 1000. The van der Waals surface area contributed by atoms with Crippen LogP contribution in [-0.2, 0) is 14.3 Å². The van der Waals surface area contributed by atoms with Gasteiger partial charge in [-0.25, -0.2) is 9.59 Å². The number of hydrogen-bond acceptors (Lipinski definition) is 6. The standard InChI is InChI=1S/C25H33N3O6/c1-5-32-22(29)17-33-20-9-6-8-18(16-20)26-23(30)21-10-7-13-28(21)19-11-14-27(15-12-19)24(31)34-25(2,3)4/h6-10,13,16,19H,5,11-12,14-15,17H2,1-4H3,(H,26,30). The molecule has 2 aromatic rings. The van der Waals surface area contributed by atoms with Crippen molar-refractivity contribution < 1.29 is 28.6 Å². The second-order valence-corrected chi connectivity index (χ2v) is 9.07. The van der Waals surface area contributed by atoms with Gasteiger partial charge >= 0.3 is 12.1 Å². The molecular weight excluding hydrogens is 438 g/mol. The molecule has 1 aromatic heterocycles. The molecule has 0 radical (unpaired) electrons. The van der Waals surface area contributed by atoms with Crippen LogP contribution in [0.2, 0.25) is 0 Å². The summed E-state index contributed by atoms with van der Waals surface area (Å²) >= 11 is 0. The van der Waals surface area contributed by atoms with Gasteiger partial charge in [-0.05, 0) is 64.8 Å². The van der Waals surface area contributed by atoms with Gasteiger partial charge in [0, 0.05) is 37.1 Å². The molecule has 0 bridgehead atoms. The molecule has 2 heterocycles. The zero-order valence-electron chi connectivity index (χ0n) is 20.2. The lowest BCUT2D eigenvalue weighted by molar-refractivity contribution is -0.145. The van der Waals surface area contributed by atoms with Crippen LogP contribution in [0.1, 0.15) is 57.1 Å². The molecule has 1 saturated heterocycles. The minimum absolute atomic E-state index is 0.105. The summed E-state index contributed by atoms with van der Waals surface area (Å²) in [4.78, 5) is 38.5. The Labute approximate surface area is 200 Å². The van der Waals surface area contributed by atoms with E-state index in [9.17, 15) is 14.4 Å². The lowest BCUT2D eigenvalue weighted by Gasteiger charge is -2.34. The molecule has 0 atom stereocenters. The van der Waals surface area contributed by atoms with Gasteiger partial charge in [-0.1, -0.05) is 6.07 Å². The van der Waals surface area contributed by atoms with Gasteiger partial charge in [-0.3, -0.25) is 4.79 Å². The van der Waals surface area contributed by atoms with E-state index in [2.05, 4.69) is 5.32 Å². The molecule has 1 N–H and O–H groups in total. The smallest absolute Gasteiger partial charge is 0.410 e. The van der Waals surface area contributed by atoms with Crippen molar-refractivity contribution in [2.45, 2.75) is 52.2 Å². The quantitative estimate of drug-likeness (QED) is 0.606. The number of anilines is 1. The third-order valence-corrected chi connectivity index (χ3v) is 5.28. The minimum atomic E-state index is -0.527. The van der Waals surface area contributed by atoms with Gasteiger partial charge in [0.15, 0.2) is 6.61 Å². The zero-order chi connectivity index (χ0) is 24.7. The maximum Gasteiger partial charge on any atom is 0.410 e. The van der Waals surface area contributed by atoms with Gasteiger partial charge in [-0.15, -0.1) is 0 Å². The number of ether oxygens (including phenoxy) is 3. The molecule has 0 unspecified atom stereocenters. The highest BCUT2D eigenvalue weighted by molar-refractivity contribution is 6.03. The first-order chi connectivity index (χ1) is 16.2. The fraction of sp³-hybridized carbons (Fsp3) is 0.480. The highest BCUT2D eigenvalue weighted by Crippen LogP contribution is 2.26.